The number of anilines is 1. The maximum absolute atomic E-state index is 12.9. The molecule has 0 radical (unpaired) electrons. The number of hydrogen-bond acceptors (Lipinski definition) is 2. The number of ether oxygens (including phenoxy) is 1. The fourth-order valence-electron chi connectivity index (χ4n) is 1.34. The van der Waals surface area contributed by atoms with Crippen molar-refractivity contribution in [1.29, 1.82) is 0 Å². The number of nitrogens with one attached hydrogen (secondary N) is 1. The van der Waals surface area contributed by atoms with Crippen LogP contribution in [0.4, 0.5) is 19.3 Å². The molecule has 1 rings (SSSR count). The monoisotopic (exact) mass is 258 g/mol. The first-order valence-electron chi connectivity index (χ1n) is 5.50. The van der Waals surface area contributed by atoms with Gasteiger partial charge in [0, 0.05) is 39.1 Å². The molecule has 0 aromatic heterocycles. The third kappa shape index (κ3) is 4.29. The van der Waals surface area contributed by atoms with E-state index in [4.69, 9.17) is 4.74 Å². The summed E-state index contributed by atoms with van der Waals surface area (Å²) in [6.07, 6.45) is 0.707. The molecule has 0 fully saturated rings. The summed E-state index contributed by atoms with van der Waals surface area (Å²) in [5, 5.41) is 2.48. The molecule has 2 amide bonds. The van der Waals surface area contributed by atoms with Gasteiger partial charge in [0.15, 0.2) is 11.6 Å². The molecule has 6 heteroatoms. The summed E-state index contributed by atoms with van der Waals surface area (Å²) in [5.74, 6) is -1.93. The number of amides is 2. The van der Waals surface area contributed by atoms with Gasteiger partial charge in [0.25, 0.3) is 0 Å². The van der Waals surface area contributed by atoms with Gasteiger partial charge in [-0.1, -0.05) is 0 Å². The van der Waals surface area contributed by atoms with E-state index in [0.717, 1.165) is 12.1 Å². The van der Waals surface area contributed by atoms with Crippen LogP contribution in [-0.2, 0) is 4.74 Å². The third-order valence-corrected chi connectivity index (χ3v) is 2.36. The highest BCUT2D eigenvalue weighted by atomic mass is 19.2. The van der Waals surface area contributed by atoms with E-state index in [9.17, 15) is 13.6 Å². The number of carbonyl (C=O) groups is 1. The Morgan fingerprint density at radius 1 is 1.39 bits per heavy atom. The summed E-state index contributed by atoms with van der Waals surface area (Å²) in [7, 11) is 3.20. The average Bonchev–Trinajstić information content (AvgIpc) is 2.34. The van der Waals surface area contributed by atoms with Crippen molar-refractivity contribution in [3.05, 3.63) is 29.8 Å². The van der Waals surface area contributed by atoms with E-state index < -0.39 is 11.6 Å². The average molecular weight is 258 g/mol. The molecule has 1 N–H and O–H groups in total. The first-order chi connectivity index (χ1) is 8.54. The van der Waals surface area contributed by atoms with Crippen molar-refractivity contribution in [2.24, 2.45) is 0 Å². The van der Waals surface area contributed by atoms with Crippen LogP contribution in [0.2, 0.25) is 0 Å². The summed E-state index contributed by atoms with van der Waals surface area (Å²) in [6.45, 7) is 1.08. The Labute approximate surface area is 105 Å². The SMILES string of the molecule is COCCCN(C)C(=O)Nc1ccc(F)c(F)c1. The van der Waals surface area contributed by atoms with Crippen LogP contribution in [0.15, 0.2) is 18.2 Å². The molecule has 0 atom stereocenters. The second kappa shape index (κ2) is 6.90. The van der Waals surface area contributed by atoms with Crippen LogP contribution in [0.1, 0.15) is 6.42 Å². The number of halogens is 2. The van der Waals surface area contributed by atoms with Crippen molar-refractivity contribution in [3.63, 3.8) is 0 Å². The zero-order valence-corrected chi connectivity index (χ0v) is 10.4. The molecule has 0 heterocycles. The second-order valence-corrected chi connectivity index (χ2v) is 3.83. The fourth-order valence-corrected chi connectivity index (χ4v) is 1.34. The van der Waals surface area contributed by atoms with Gasteiger partial charge in [0.05, 0.1) is 0 Å². The van der Waals surface area contributed by atoms with E-state index >= 15 is 0 Å². The predicted octanol–water partition coefficient (Wildman–Crippen LogP) is 2.47. The summed E-state index contributed by atoms with van der Waals surface area (Å²) < 4.78 is 30.5. The van der Waals surface area contributed by atoms with Crippen LogP contribution in [0.3, 0.4) is 0 Å². The molecule has 1 aromatic carbocycles. The number of benzene rings is 1. The Morgan fingerprint density at radius 2 is 2.11 bits per heavy atom. The number of carbonyl (C=O) groups excluding carboxylic acids is 1. The molecule has 0 aliphatic rings. The summed E-state index contributed by atoms with van der Waals surface area (Å²) in [6, 6.07) is 2.84. The lowest BCUT2D eigenvalue weighted by Crippen LogP contribution is -2.32. The molecule has 0 aliphatic carbocycles. The minimum absolute atomic E-state index is 0.220. The Balaban J connectivity index is 2.50. The Hall–Kier alpha value is -1.69. The number of rotatable bonds is 5. The number of hydrogen-bond donors (Lipinski definition) is 1. The quantitative estimate of drug-likeness (QED) is 0.824. The third-order valence-electron chi connectivity index (χ3n) is 2.36. The molecule has 0 saturated carbocycles. The topological polar surface area (TPSA) is 41.6 Å². The van der Waals surface area contributed by atoms with Crippen LogP contribution in [0, 0.1) is 11.6 Å². The number of urea groups is 1. The largest absolute Gasteiger partial charge is 0.385 e. The van der Waals surface area contributed by atoms with Gasteiger partial charge in [0.1, 0.15) is 0 Å². The van der Waals surface area contributed by atoms with Crippen LogP contribution >= 0.6 is 0 Å². The van der Waals surface area contributed by atoms with Crippen molar-refractivity contribution in [2.45, 2.75) is 6.42 Å². The fraction of sp³-hybridized carbons (Fsp3) is 0.417. The van der Waals surface area contributed by atoms with Gasteiger partial charge in [0.2, 0.25) is 0 Å². The lowest BCUT2D eigenvalue weighted by atomic mass is 10.3. The van der Waals surface area contributed by atoms with Gasteiger partial charge >= 0.3 is 6.03 Å². The van der Waals surface area contributed by atoms with E-state index in [2.05, 4.69) is 5.32 Å². The molecule has 1 aromatic rings. The molecular weight excluding hydrogens is 242 g/mol. The molecule has 100 valence electrons. The van der Waals surface area contributed by atoms with Gasteiger partial charge in [-0.2, -0.15) is 0 Å². The highest BCUT2D eigenvalue weighted by molar-refractivity contribution is 5.89. The molecule has 4 nitrogen and oxygen atoms in total. The van der Waals surface area contributed by atoms with Gasteiger partial charge in [-0.25, -0.2) is 13.6 Å². The van der Waals surface area contributed by atoms with Crippen molar-refractivity contribution in [3.8, 4) is 0 Å². The second-order valence-electron chi connectivity index (χ2n) is 3.83. The molecule has 0 bridgehead atoms. The molecule has 18 heavy (non-hydrogen) atoms. The normalized spacial score (nSPS) is 10.2. The van der Waals surface area contributed by atoms with Gasteiger partial charge in [-0.15, -0.1) is 0 Å². The Bertz CT molecular complexity index is 413. The predicted molar refractivity (Wildman–Crippen MR) is 64.5 cm³/mol. The molecular formula is C12H16F2N2O2. The van der Waals surface area contributed by atoms with E-state index in [1.807, 2.05) is 0 Å². The highest BCUT2D eigenvalue weighted by Gasteiger charge is 2.09. The van der Waals surface area contributed by atoms with Gasteiger partial charge in [-0.05, 0) is 18.6 Å². The van der Waals surface area contributed by atoms with Crippen LogP contribution in [0.5, 0.6) is 0 Å². The maximum atomic E-state index is 12.9. The van der Waals surface area contributed by atoms with Crippen molar-refractivity contribution in [1.82, 2.24) is 4.90 Å². The van der Waals surface area contributed by atoms with E-state index in [1.165, 1.54) is 11.0 Å². The molecule has 0 aliphatic heterocycles. The minimum Gasteiger partial charge on any atom is -0.385 e. The summed E-state index contributed by atoms with van der Waals surface area (Å²) >= 11 is 0. The van der Waals surface area contributed by atoms with Crippen molar-refractivity contribution in [2.75, 3.05) is 32.6 Å². The first-order valence-corrected chi connectivity index (χ1v) is 5.50. The molecule has 0 saturated heterocycles. The van der Waals surface area contributed by atoms with Gasteiger partial charge in [-0.3, -0.25) is 0 Å². The summed E-state index contributed by atoms with van der Waals surface area (Å²) in [4.78, 5) is 13.1. The smallest absolute Gasteiger partial charge is 0.321 e. The van der Waals surface area contributed by atoms with E-state index in [0.29, 0.717) is 19.6 Å². The number of nitrogens with zero attached hydrogens (tertiary/aromatic N) is 1. The highest BCUT2D eigenvalue weighted by Crippen LogP contribution is 2.13. The molecule has 0 spiro atoms. The van der Waals surface area contributed by atoms with Crippen molar-refractivity contribution >= 4 is 11.7 Å². The number of methoxy groups -OCH3 is 1. The first kappa shape index (κ1) is 14.4. The standard InChI is InChI=1S/C12H16F2N2O2/c1-16(6-3-7-18-2)12(17)15-9-4-5-10(13)11(14)8-9/h4-5,8H,3,6-7H2,1-2H3,(H,15,17). The van der Waals surface area contributed by atoms with Gasteiger partial charge < -0.3 is 15.0 Å². The van der Waals surface area contributed by atoms with Crippen LogP contribution < -0.4 is 5.32 Å². The Morgan fingerprint density at radius 3 is 2.72 bits per heavy atom. The minimum atomic E-state index is -0.991. The lowest BCUT2D eigenvalue weighted by Gasteiger charge is -2.17. The lowest BCUT2D eigenvalue weighted by molar-refractivity contribution is 0.179. The maximum Gasteiger partial charge on any atom is 0.321 e. The van der Waals surface area contributed by atoms with Crippen molar-refractivity contribution < 1.29 is 18.3 Å². The zero-order valence-electron chi connectivity index (χ0n) is 10.4. The zero-order chi connectivity index (χ0) is 13.5. The van der Waals surface area contributed by atoms with Crippen LogP contribution in [0.25, 0.3) is 0 Å². The van der Waals surface area contributed by atoms with E-state index in [1.54, 1.807) is 14.2 Å². The molecule has 0 unspecified atom stereocenters. The summed E-state index contributed by atoms with van der Waals surface area (Å²) in [5.41, 5.74) is 0.220. The van der Waals surface area contributed by atoms with E-state index in [-0.39, 0.29) is 11.7 Å². The van der Waals surface area contributed by atoms with Crippen LogP contribution in [-0.4, -0.2) is 38.2 Å². The Kier molecular flexibility index (Phi) is 5.51.